The molecule has 0 aromatic carbocycles. The molecule has 2 heterocycles. The molecule has 134 valence electrons. The normalized spacial score (nSPS) is 28.1. The summed E-state index contributed by atoms with van der Waals surface area (Å²) < 4.78 is 25.0. The van der Waals surface area contributed by atoms with E-state index in [-0.39, 0.29) is 17.2 Å². The molecule has 23 heavy (non-hydrogen) atoms. The first-order valence-electron chi connectivity index (χ1n) is 8.36. The highest BCUT2D eigenvalue weighted by molar-refractivity contribution is 7.89. The lowest BCUT2D eigenvalue weighted by Gasteiger charge is -2.49. The van der Waals surface area contributed by atoms with Crippen LogP contribution in [0.1, 0.15) is 25.7 Å². The van der Waals surface area contributed by atoms with Crippen molar-refractivity contribution >= 4 is 15.9 Å². The van der Waals surface area contributed by atoms with Crippen molar-refractivity contribution in [1.82, 2.24) is 19.4 Å². The molecule has 7 nitrogen and oxygen atoms in total. The van der Waals surface area contributed by atoms with Crippen LogP contribution in [0, 0.1) is 0 Å². The van der Waals surface area contributed by atoms with Crippen molar-refractivity contribution in [2.75, 3.05) is 59.6 Å². The van der Waals surface area contributed by atoms with Crippen LogP contribution in [-0.4, -0.2) is 93.6 Å². The minimum atomic E-state index is -3.11. The van der Waals surface area contributed by atoms with Crippen molar-refractivity contribution in [2.45, 2.75) is 31.2 Å². The molecule has 2 saturated heterocycles. The lowest BCUT2D eigenvalue weighted by atomic mass is 9.86. The minimum Gasteiger partial charge on any atom is -0.356 e. The fourth-order valence-electron chi connectivity index (χ4n) is 3.52. The molecule has 1 amide bonds. The Balaban J connectivity index is 1.91. The zero-order valence-corrected chi connectivity index (χ0v) is 15.4. The van der Waals surface area contributed by atoms with Gasteiger partial charge in [0.15, 0.2) is 0 Å². The third-order valence-corrected chi connectivity index (χ3v) is 7.16. The topological polar surface area (TPSA) is 73.0 Å². The van der Waals surface area contributed by atoms with Gasteiger partial charge in [0.05, 0.1) is 5.75 Å². The molecule has 0 aliphatic carbocycles. The van der Waals surface area contributed by atoms with Crippen LogP contribution in [-0.2, 0) is 14.8 Å². The van der Waals surface area contributed by atoms with Gasteiger partial charge < -0.3 is 10.2 Å². The van der Waals surface area contributed by atoms with Gasteiger partial charge in [-0.1, -0.05) is 0 Å². The van der Waals surface area contributed by atoms with Gasteiger partial charge in [0.1, 0.15) is 0 Å². The van der Waals surface area contributed by atoms with E-state index in [0.29, 0.717) is 12.8 Å². The lowest BCUT2D eigenvalue weighted by Crippen LogP contribution is -2.61. The summed E-state index contributed by atoms with van der Waals surface area (Å²) in [5.74, 6) is 0.337. The summed E-state index contributed by atoms with van der Waals surface area (Å²) >= 11 is 0. The van der Waals surface area contributed by atoms with Crippen LogP contribution in [0.3, 0.4) is 0 Å². The van der Waals surface area contributed by atoms with Gasteiger partial charge in [0.25, 0.3) is 0 Å². The first kappa shape index (κ1) is 18.6. The van der Waals surface area contributed by atoms with Crippen molar-refractivity contribution < 1.29 is 13.2 Å². The summed E-state index contributed by atoms with van der Waals surface area (Å²) in [6.45, 7) is 4.37. The van der Waals surface area contributed by atoms with Crippen molar-refractivity contribution in [3.8, 4) is 0 Å². The number of nitrogens with zero attached hydrogens (tertiary/aromatic N) is 3. The van der Waals surface area contributed by atoms with Crippen LogP contribution in [0.5, 0.6) is 0 Å². The van der Waals surface area contributed by atoms with E-state index < -0.39 is 10.0 Å². The third kappa shape index (κ3) is 4.65. The largest absolute Gasteiger partial charge is 0.356 e. The average Bonchev–Trinajstić information content (AvgIpc) is 2.66. The summed E-state index contributed by atoms with van der Waals surface area (Å²) in [6, 6.07) is 0. The van der Waals surface area contributed by atoms with Gasteiger partial charge in [0, 0.05) is 52.2 Å². The van der Waals surface area contributed by atoms with Gasteiger partial charge in [0.2, 0.25) is 15.9 Å². The molecule has 1 spiro atoms. The SMILES string of the molecule is CN1CCN(CCCS(=O)(=O)N(C)C)CC12CCNC(=O)CC2. The monoisotopic (exact) mass is 346 g/mol. The van der Waals surface area contributed by atoms with Crippen molar-refractivity contribution in [1.29, 1.82) is 0 Å². The highest BCUT2D eigenvalue weighted by Gasteiger charge is 2.40. The number of carbonyl (C=O) groups is 1. The van der Waals surface area contributed by atoms with Crippen molar-refractivity contribution in [3.05, 3.63) is 0 Å². The minimum absolute atomic E-state index is 0.0395. The number of sulfonamides is 1. The predicted octanol–water partition coefficient (Wildman–Crippen LogP) is -0.446. The predicted molar refractivity (Wildman–Crippen MR) is 90.8 cm³/mol. The maximum absolute atomic E-state index is 11.9. The molecule has 0 aromatic heterocycles. The molecule has 1 N–H and O–H groups in total. The zero-order chi connectivity index (χ0) is 17.1. The second-order valence-corrected chi connectivity index (χ2v) is 9.28. The fraction of sp³-hybridized carbons (Fsp3) is 0.933. The summed E-state index contributed by atoms with van der Waals surface area (Å²) in [7, 11) is 2.19. The molecule has 1 unspecified atom stereocenters. The number of nitrogens with one attached hydrogen (secondary N) is 1. The Hall–Kier alpha value is -0.700. The first-order valence-corrected chi connectivity index (χ1v) is 9.97. The Kier molecular flexibility index (Phi) is 6.05. The van der Waals surface area contributed by atoms with Gasteiger partial charge in [-0.25, -0.2) is 12.7 Å². The second-order valence-electron chi connectivity index (χ2n) is 6.97. The molecule has 0 aromatic rings. The maximum atomic E-state index is 11.9. The van der Waals surface area contributed by atoms with Crippen LogP contribution in [0.2, 0.25) is 0 Å². The number of amides is 1. The lowest BCUT2D eigenvalue weighted by molar-refractivity contribution is -0.121. The Morgan fingerprint density at radius 2 is 2.00 bits per heavy atom. The molecule has 0 saturated carbocycles. The Morgan fingerprint density at radius 1 is 1.26 bits per heavy atom. The molecular formula is C15H30N4O3S. The quantitative estimate of drug-likeness (QED) is 0.730. The first-order chi connectivity index (χ1) is 10.8. The molecule has 0 bridgehead atoms. The van der Waals surface area contributed by atoms with Crippen LogP contribution in [0.25, 0.3) is 0 Å². The molecule has 2 fully saturated rings. The molecule has 2 aliphatic heterocycles. The van der Waals surface area contributed by atoms with Crippen molar-refractivity contribution in [3.63, 3.8) is 0 Å². The highest BCUT2D eigenvalue weighted by atomic mass is 32.2. The van der Waals surface area contributed by atoms with E-state index in [4.69, 9.17) is 0 Å². The Morgan fingerprint density at radius 3 is 2.70 bits per heavy atom. The molecule has 8 heteroatoms. The molecule has 1 atom stereocenters. The second kappa shape index (κ2) is 7.46. The van der Waals surface area contributed by atoms with E-state index in [0.717, 1.165) is 45.6 Å². The van der Waals surface area contributed by atoms with E-state index >= 15 is 0 Å². The summed E-state index contributed by atoms with van der Waals surface area (Å²) in [6.07, 6.45) is 3.06. The van der Waals surface area contributed by atoms with E-state index in [1.165, 1.54) is 4.31 Å². The standard InChI is InChI=1S/C15H30N4O3S/c1-17(2)23(21,22)12-4-9-19-11-10-18(3)15(13-19)6-5-14(20)16-8-7-15/h4-13H2,1-3H3,(H,16,20). The third-order valence-electron chi connectivity index (χ3n) is 5.24. The zero-order valence-electron chi connectivity index (χ0n) is 14.5. The molecular weight excluding hydrogens is 316 g/mol. The Bertz CT molecular complexity index is 523. The van der Waals surface area contributed by atoms with E-state index in [1.54, 1.807) is 14.1 Å². The van der Waals surface area contributed by atoms with Gasteiger partial charge >= 0.3 is 0 Å². The molecule has 2 aliphatic rings. The molecule has 0 radical (unpaired) electrons. The Labute approximate surface area is 140 Å². The molecule has 2 rings (SSSR count). The number of hydrogen-bond acceptors (Lipinski definition) is 5. The van der Waals surface area contributed by atoms with E-state index in [9.17, 15) is 13.2 Å². The maximum Gasteiger partial charge on any atom is 0.220 e. The average molecular weight is 346 g/mol. The van der Waals surface area contributed by atoms with E-state index in [1.807, 2.05) is 0 Å². The number of likely N-dealkylation sites (N-methyl/N-ethyl adjacent to an activating group) is 1. The van der Waals surface area contributed by atoms with Gasteiger partial charge in [-0.05, 0) is 32.9 Å². The van der Waals surface area contributed by atoms with Crippen LogP contribution < -0.4 is 5.32 Å². The number of piperazine rings is 1. The highest BCUT2D eigenvalue weighted by Crippen LogP contribution is 2.30. The fourth-order valence-corrected chi connectivity index (χ4v) is 4.38. The summed E-state index contributed by atoms with van der Waals surface area (Å²) in [4.78, 5) is 16.4. The van der Waals surface area contributed by atoms with Crippen LogP contribution in [0.15, 0.2) is 0 Å². The summed E-state index contributed by atoms with van der Waals surface area (Å²) in [5, 5.41) is 2.96. The number of rotatable bonds is 5. The number of hydrogen-bond donors (Lipinski definition) is 1. The van der Waals surface area contributed by atoms with E-state index in [2.05, 4.69) is 22.2 Å². The van der Waals surface area contributed by atoms with Gasteiger partial charge in [-0.15, -0.1) is 0 Å². The van der Waals surface area contributed by atoms with Crippen LogP contribution >= 0.6 is 0 Å². The van der Waals surface area contributed by atoms with Crippen LogP contribution in [0.4, 0.5) is 0 Å². The smallest absolute Gasteiger partial charge is 0.220 e. The number of carbonyl (C=O) groups excluding carboxylic acids is 1. The summed E-state index contributed by atoms with van der Waals surface area (Å²) in [5.41, 5.74) is 0.0395. The van der Waals surface area contributed by atoms with Gasteiger partial charge in [-0.3, -0.25) is 9.69 Å². The van der Waals surface area contributed by atoms with Crippen molar-refractivity contribution in [2.24, 2.45) is 0 Å². The van der Waals surface area contributed by atoms with Gasteiger partial charge in [-0.2, -0.15) is 0 Å².